The zero-order chi connectivity index (χ0) is 13.8. The lowest BCUT2D eigenvalue weighted by Gasteiger charge is -2.22. The molecule has 1 aliphatic heterocycles. The van der Waals surface area contributed by atoms with Crippen molar-refractivity contribution in [1.82, 2.24) is 14.9 Å². The summed E-state index contributed by atoms with van der Waals surface area (Å²) < 4.78 is 0. The molecule has 1 aliphatic rings. The SMILES string of the molecule is Cc1nc(NN)c(C)c(NC(C)CN2CCCC2)n1. The van der Waals surface area contributed by atoms with Gasteiger partial charge in [-0.1, -0.05) is 0 Å². The molecule has 1 unspecified atom stereocenters. The quantitative estimate of drug-likeness (QED) is 0.549. The molecule has 0 amide bonds. The summed E-state index contributed by atoms with van der Waals surface area (Å²) in [5, 5.41) is 3.46. The molecule has 1 aromatic heterocycles. The third kappa shape index (κ3) is 3.54. The first kappa shape index (κ1) is 14.0. The second kappa shape index (κ2) is 6.16. The van der Waals surface area contributed by atoms with E-state index in [-0.39, 0.29) is 0 Å². The zero-order valence-electron chi connectivity index (χ0n) is 12.0. The minimum atomic E-state index is 0.358. The lowest BCUT2D eigenvalue weighted by molar-refractivity contribution is 0.327. The summed E-state index contributed by atoms with van der Waals surface area (Å²) >= 11 is 0. The molecule has 106 valence electrons. The zero-order valence-corrected chi connectivity index (χ0v) is 12.0. The number of nitrogens with one attached hydrogen (secondary N) is 2. The van der Waals surface area contributed by atoms with Gasteiger partial charge in [0.2, 0.25) is 0 Å². The molecule has 0 bridgehead atoms. The Morgan fingerprint density at radius 3 is 2.47 bits per heavy atom. The van der Waals surface area contributed by atoms with Gasteiger partial charge in [0.1, 0.15) is 17.5 Å². The molecule has 1 atom stereocenters. The van der Waals surface area contributed by atoms with Crippen LogP contribution in [0.25, 0.3) is 0 Å². The molecule has 4 N–H and O–H groups in total. The first-order chi connectivity index (χ1) is 9.10. The van der Waals surface area contributed by atoms with E-state index in [1.807, 2.05) is 13.8 Å². The van der Waals surface area contributed by atoms with E-state index in [4.69, 9.17) is 5.84 Å². The van der Waals surface area contributed by atoms with Crippen molar-refractivity contribution < 1.29 is 0 Å². The molecule has 0 radical (unpaired) electrons. The Labute approximate surface area is 114 Å². The summed E-state index contributed by atoms with van der Waals surface area (Å²) in [6, 6.07) is 0.358. The maximum absolute atomic E-state index is 5.48. The van der Waals surface area contributed by atoms with Gasteiger partial charge in [0.15, 0.2) is 0 Å². The number of nitrogens with zero attached hydrogens (tertiary/aromatic N) is 3. The van der Waals surface area contributed by atoms with Crippen LogP contribution < -0.4 is 16.6 Å². The Hall–Kier alpha value is -1.40. The van der Waals surface area contributed by atoms with Crippen LogP contribution >= 0.6 is 0 Å². The van der Waals surface area contributed by atoms with Crippen LogP contribution in [0.1, 0.15) is 31.2 Å². The van der Waals surface area contributed by atoms with Crippen molar-refractivity contribution >= 4 is 11.6 Å². The van der Waals surface area contributed by atoms with Crippen molar-refractivity contribution in [3.8, 4) is 0 Å². The number of nitrogen functional groups attached to an aromatic ring is 1. The monoisotopic (exact) mass is 264 g/mol. The lowest BCUT2D eigenvalue weighted by atomic mass is 10.2. The van der Waals surface area contributed by atoms with Crippen LogP contribution in [0.5, 0.6) is 0 Å². The van der Waals surface area contributed by atoms with Crippen LogP contribution in [-0.2, 0) is 0 Å². The van der Waals surface area contributed by atoms with E-state index in [0.29, 0.717) is 11.9 Å². The van der Waals surface area contributed by atoms with Gasteiger partial charge in [0.25, 0.3) is 0 Å². The van der Waals surface area contributed by atoms with Gasteiger partial charge in [-0.15, -0.1) is 0 Å². The van der Waals surface area contributed by atoms with Gasteiger partial charge < -0.3 is 15.6 Å². The molecule has 2 heterocycles. The molecular weight excluding hydrogens is 240 g/mol. The molecule has 0 aliphatic carbocycles. The summed E-state index contributed by atoms with van der Waals surface area (Å²) in [7, 11) is 0. The number of anilines is 2. The van der Waals surface area contributed by atoms with E-state index in [9.17, 15) is 0 Å². The maximum atomic E-state index is 5.48. The molecule has 1 aromatic rings. The minimum absolute atomic E-state index is 0.358. The van der Waals surface area contributed by atoms with Crippen LogP contribution in [-0.4, -0.2) is 40.5 Å². The highest BCUT2D eigenvalue weighted by atomic mass is 15.3. The van der Waals surface area contributed by atoms with E-state index in [1.165, 1.54) is 25.9 Å². The Kier molecular flexibility index (Phi) is 4.55. The number of aryl methyl sites for hydroxylation is 1. The number of hydrogen-bond acceptors (Lipinski definition) is 6. The van der Waals surface area contributed by atoms with Crippen molar-refractivity contribution in [1.29, 1.82) is 0 Å². The van der Waals surface area contributed by atoms with Gasteiger partial charge >= 0.3 is 0 Å². The fourth-order valence-electron chi connectivity index (χ4n) is 2.54. The van der Waals surface area contributed by atoms with Crippen molar-refractivity contribution in [2.24, 2.45) is 5.84 Å². The predicted octanol–water partition coefficient (Wildman–Crippen LogP) is 1.28. The average molecular weight is 264 g/mol. The lowest BCUT2D eigenvalue weighted by Crippen LogP contribution is -2.33. The fourth-order valence-corrected chi connectivity index (χ4v) is 2.54. The number of hydrogen-bond donors (Lipinski definition) is 3. The van der Waals surface area contributed by atoms with Crippen molar-refractivity contribution in [3.63, 3.8) is 0 Å². The van der Waals surface area contributed by atoms with E-state index < -0.39 is 0 Å². The predicted molar refractivity (Wildman–Crippen MR) is 78.1 cm³/mol. The minimum Gasteiger partial charge on any atom is -0.366 e. The van der Waals surface area contributed by atoms with Crippen molar-refractivity contribution in [3.05, 3.63) is 11.4 Å². The summed E-state index contributed by atoms with van der Waals surface area (Å²) in [4.78, 5) is 11.2. The topological polar surface area (TPSA) is 79.1 Å². The molecule has 0 aromatic carbocycles. The third-order valence-electron chi connectivity index (χ3n) is 3.51. The summed E-state index contributed by atoms with van der Waals surface area (Å²) in [5.74, 6) is 7.74. The van der Waals surface area contributed by atoms with Crippen molar-refractivity contribution in [2.45, 2.75) is 39.7 Å². The fraction of sp³-hybridized carbons (Fsp3) is 0.692. The van der Waals surface area contributed by atoms with Gasteiger partial charge in [0, 0.05) is 18.2 Å². The summed E-state index contributed by atoms with van der Waals surface area (Å²) in [6.07, 6.45) is 2.64. The Bertz CT molecular complexity index is 427. The van der Waals surface area contributed by atoms with Gasteiger partial charge in [-0.3, -0.25) is 0 Å². The maximum Gasteiger partial charge on any atom is 0.148 e. The molecule has 19 heavy (non-hydrogen) atoms. The first-order valence-corrected chi connectivity index (χ1v) is 6.91. The van der Waals surface area contributed by atoms with E-state index in [1.54, 1.807) is 0 Å². The van der Waals surface area contributed by atoms with Gasteiger partial charge in [-0.05, 0) is 46.7 Å². The highest BCUT2D eigenvalue weighted by molar-refractivity contribution is 5.56. The van der Waals surface area contributed by atoms with Crippen LogP contribution in [0.3, 0.4) is 0 Å². The third-order valence-corrected chi connectivity index (χ3v) is 3.51. The van der Waals surface area contributed by atoms with Crippen LogP contribution in [0.2, 0.25) is 0 Å². The highest BCUT2D eigenvalue weighted by Crippen LogP contribution is 2.20. The van der Waals surface area contributed by atoms with Crippen LogP contribution in [0, 0.1) is 13.8 Å². The summed E-state index contributed by atoms with van der Waals surface area (Å²) in [6.45, 7) is 9.50. The molecule has 1 fully saturated rings. The Morgan fingerprint density at radius 2 is 1.84 bits per heavy atom. The number of likely N-dealkylation sites (tertiary alicyclic amines) is 1. The van der Waals surface area contributed by atoms with Gasteiger partial charge in [-0.25, -0.2) is 15.8 Å². The number of aromatic nitrogens is 2. The second-order valence-electron chi connectivity index (χ2n) is 5.29. The van der Waals surface area contributed by atoms with E-state index >= 15 is 0 Å². The molecule has 2 rings (SSSR count). The molecule has 0 saturated carbocycles. The Balaban J connectivity index is 2.03. The van der Waals surface area contributed by atoms with Crippen LogP contribution in [0.15, 0.2) is 0 Å². The average Bonchev–Trinajstić information content (AvgIpc) is 2.86. The second-order valence-corrected chi connectivity index (χ2v) is 5.29. The van der Waals surface area contributed by atoms with Gasteiger partial charge in [-0.2, -0.15) is 0 Å². The highest BCUT2D eigenvalue weighted by Gasteiger charge is 2.16. The molecule has 6 nitrogen and oxygen atoms in total. The molecular formula is C13H24N6. The smallest absolute Gasteiger partial charge is 0.148 e. The van der Waals surface area contributed by atoms with Crippen LogP contribution in [0.4, 0.5) is 11.6 Å². The molecule has 1 saturated heterocycles. The normalized spacial score (nSPS) is 17.5. The van der Waals surface area contributed by atoms with E-state index in [0.717, 1.165) is 23.8 Å². The Morgan fingerprint density at radius 1 is 1.21 bits per heavy atom. The number of nitrogens with two attached hydrogens (primary N) is 1. The first-order valence-electron chi connectivity index (χ1n) is 6.91. The number of rotatable bonds is 5. The largest absolute Gasteiger partial charge is 0.366 e. The standard InChI is InChI=1S/C13H24N6/c1-9(8-19-6-4-5-7-19)15-12-10(2)13(18-14)17-11(3)16-12/h9H,4-8,14H2,1-3H3,(H2,15,16,17,18). The molecule has 0 spiro atoms. The molecule has 6 heteroatoms. The number of hydrazine groups is 1. The van der Waals surface area contributed by atoms with E-state index in [2.05, 4.69) is 32.5 Å². The van der Waals surface area contributed by atoms with Crippen molar-refractivity contribution in [2.75, 3.05) is 30.4 Å². The summed E-state index contributed by atoms with van der Waals surface area (Å²) in [5.41, 5.74) is 3.58. The van der Waals surface area contributed by atoms with Gasteiger partial charge in [0.05, 0.1) is 0 Å².